The number of benzene rings is 1. The van der Waals surface area contributed by atoms with Crippen LogP contribution in [-0.4, -0.2) is 61.5 Å². The number of nitrogens with two attached hydrogens (primary N) is 2. The van der Waals surface area contributed by atoms with Crippen LogP contribution >= 0.6 is 11.6 Å². The number of hydrogen-bond acceptors (Lipinski definition) is 7. The second kappa shape index (κ2) is 11.7. The Morgan fingerprint density at radius 3 is 2.42 bits per heavy atom. The molecule has 36 heavy (non-hydrogen) atoms. The highest BCUT2D eigenvalue weighted by Gasteiger charge is 2.36. The summed E-state index contributed by atoms with van der Waals surface area (Å²) in [6.45, 7) is 9.35. The molecule has 1 aliphatic heterocycles. The van der Waals surface area contributed by atoms with Gasteiger partial charge in [-0.25, -0.2) is 17.9 Å². The van der Waals surface area contributed by atoms with Gasteiger partial charge in [0.05, 0.1) is 10.9 Å². The number of fused-ring (bicyclic) bond motifs is 1. The van der Waals surface area contributed by atoms with Gasteiger partial charge in [0.15, 0.2) is 0 Å². The van der Waals surface area contributed by atoms with Crippen LogP contribution in [0.2, 0.25) is 0 Å². The van der Waals surface area contributed by atoms with E-state index in [9.17, 15) is 18.0 Å². The van der Waals surface area contributed by atoms with Gasteiger partial charge in [-0.2, -0.15) is 0 Å². The van der Waals surface area contributed by atoms with Gasteiger partial charge in [-0.1, -0.05) is 0 Å². The molecule has 1 amide bonds. The van der Waals surface area contributed by atoms with Crippen LogP contribution in [0.15, 0.2) is 9.89 Å². The third kappa shape index (κ3) is 7.01. The minimum atomic E-state index is -4.01. The molecule has 0 aliphatic carbocycles. The lowest BCUT2D eigenvalue weighted by molar-refractivity contribution is -0.142. The van der Waals surface area contributed by atoms with Gasteiger partial charge in [0.2, 0.25) is 11.9 Å². The molecule has 1 aromatic rings. The zero-order valence-corrected chi connectivity index (χ0v) is 22.8. The van der Waals surface area contributed by atoms with Crippen molar-refractivity contribution in [2.24, 2.45) is 16.5 Å². The first-order chi connectivity index (χ1) is 16.6. The van der Waals surface area contributed by atoms with Crippen molar-refractivity contribution in [2.45, 2.75) is 82.9 Å². The van der Waals surface area contributed by atoms with Crippen LogP contribution in [-0.2, 0) is 26.0 Å². The lowest BCUT2D eigenvalue weighted by atomic mass is 9.94. The van der Waals surface area contributed by atoms with E-state index in [0.717, 1.165) is 16.9 Å². The first kappa shape index (κ1) is 29.7. The Kier molecular flexibility index (Phi) is 9.60. The van der Waals surface area contributed by atoms with Gasteiger partial charge in [-0.3, -0.25) is 9.79 Å². The van der Waals surface area contributed by atoms with E-state index in [1.807, 2.05) is 20.8 Å². The van der Waals surface area contributed by atoms with E-state index in [2.05, 4.69) is 15.0 Å². The Morgan fingerprint density at radius 1 is 1.19 bits per heavy atom. The molecule has 0 saturated carbocycles. The van der Waals surface area contributed by atoms with E-state index in [-0.39, 0.29) is 36.1 Å². The quantitative estimate of drug-likeness (QED) is 0.119. The number of carboxylic acid groups (broad SMARTS) is 1. The van der Waals surface area contributed by atoms with Crippen molar-refractivity contribution >= 4 is 39.5 Å². The van der Waals surface area contributed by atoms with Crippen LogP contribution in [0.4, 0.5) is 0 Å². The summed E-state index contributed by atoms with van der Waals surface area (Å²) in [5.74, 6) is -1.29. The molecule has 13 heteroatoms. The first-order valence-electron chi connectivity index (χ1n) is 11.6. The number of aliphatic carboxylic acids is 1. The predicted molar refractivity (Wildman–Crippen MR) is 138 cm³/mol. The van der Waals surface area contributed by atoms with Gasteiger partial charge in [-0.05, 0) is 70.6 Å². The lowest BCUT2D eigenvalue weighted by Gasteiger charge is -2.19. The molecule has 0 aromatic heterocycles. The highest BCUT2D eigenvalue weighted by Crippen LogP contribution is 2.43. The Bertz CT molecular complexity index is 1150. The maximum atomic E-state index is 13.2. The molecule has 2 rings (SSSR count). The molecule has 0 radical (unpaired) electrons. The van der Waals surface area contributed by atoms with Gasteiger partial charge in [-0.15, -0.1) is 11.6 Å². The van der Waals surface area contributed by atoms with Gasteiger partial charge in [0.1, 0.15) is 17.4 Å². The normalized spacial score (nSPS) is 16.6. The largest absolute Gasteiger partial charge is 0.487 e. The molecule has 2 atom stereocenters. The van der Waals surface area contributed by atoms with E-state index in [0.29, 0.717) is 24.0 Å². The molecule has 1 aliphatic rings. The molecule has 0 fully saturated rings. The van der Waals surface area contributed by atoms with Gasteiger partial charge in [0.25, 0.3) is 10.0 Å². The van der Waals surface area contributed by atoms with Crippen LogP contribution in [0, 0.1) is 20.8 Å². The average molecular weight is 546 g/mol. The molecule has 7 N–H and O–H groups in total. The summed E-state index contributed by atoms with van der Waals surface area (Å²) in [5.41, 5.74) is 14.1. The summed E-state index contributed by atoms with van der Waals surface area (Å²) in [6, 6.07) is -2.07. The van der Waals surface area contributed by atoms with Crippen molar-refractivity contribution < 1.29 is 27.9 Å². The van der Waals surface area contributed by atoms with Crippen LogP contribution < -0.4 is 26.2 Å². The van der Waals surface area contributed by atoms with Crippen LogP contribution in [0.3, 0.4) is 0 Å². The minimum absolute atomic E-state index is 0.0732. The second-order valence-electron chi connectivity index (χ2n) is 9.55. The van der Waals surface area contributed by atoms with E-state index in [4.69, 9.17) is 32.9 Å². The van der Waals surface area contributed by atoms with Crippen molar-refractivity contribution in [1.82, 2.24) is 10.0 Å². The topological polar surface area (TPSA) is 186 Å². The van der Waals surface area contributed by atoms with Crippen molar-refractivity contribution in [3.8, 4) is 5.75 Å². The van der Waals surface area contributed by atoms with Crippen molar-refractivity contribution in [1.29, 1.82) is 0 Å². The Balaban J connectivity index is 2.02. The predicted octanol–water partition coefficient (Wildman–Crippen LogP) is 1.22. The Labute approximate surface area is 217 Å². The molecular formula is C23H36ClN5O6S. The number of aliphatic imine (C=N–C) groups is 1. The van der Waals surface area contributed by atoms with Crippen molar-refractivity contribution in [2.75, 3.05) is 12.4 Å². The van der Waals surface area contributed by atoms with Gasteiger partial charge in [0, 0.05) is 24.4 Å². The molecule has 202 valence electrons. The molecule has 0 bridgehead atoms. The molecule has 11 nitrogen and oxygen atoms in total. The lowest BCUT2D eigenvalue weighted by Crippen LogP contribution is -2.48. The van der Waals surface area contributed by atoms with E-state index in [1.165, 1.54) is 0 Å². The summed E-state index contributed by atoms with van der Waals surface area (Å²) in [4.78, 5) is 27.4. The number of rotatable bonds is 11. The third-order valence-corrected chi connectivity index (χ3v) is 7.95. The number of carboxylic acids is 1. The monoisotopic (exact) mass is 545 g/mol. The highest BCUT2D eigenvalue weighted by molar-refractivity contribution is 7.90. The number of carbonyl (C=O) groups excluding carboxylic acids is 1. The summed E-state index contributed by atoms with van der Waals surface area (Å²) in [7, 11) is -4.01. The third-order valence-electron chi connectivity index (χ3n) is 6.10. The number of amides is 1. The number of nitrogens with zero attached hydrogens (tertiary/aromatic N) is 1. The van der Waals surface area contributed by atoms with Crippen molar-refractivity contribution in [3.05, 3.63) is 22.3 Å². The maximum Gasteiger partial charge on any atom is 0.326 e. The van der Waals surface area contributed by atoms with Crippen LogP contribution in [0.5, 0.6) is 5.75 Å². The number of hydrogen-bond donors (Lipinski definition) is 5. The fourth-order valence-corrected chi connectivity index (χ4v) is 5.90. The Hall–Kier alpha value is -2.57. The highest BCUT2D eigenvalue weighted by atomic mass is 35.5. The molecule has 0 unspecified atom stereocenters. The summed E-state index contributed by atoms with van der Waals surface area (Å²) >= 11 is 5.55. The maximum absolute atomic E-state index is 13.2. The summed E-state index contributed by atoms with van der Waals surface area (Å²) < 4.78 is 34.8. The van der Waals surface area contributed by atoms with Crippen molar-refractivity contribution in [3.63, 3.8) is 0 Å². The molecule has 0 spiro atoms. The average Bonchev–Trinajstić information content (AvgIpc) is 3.10. The minimum Gasteiger partial charge on any atom is -0.487 e. The van der Waals surface area contributed by atoms with E-state index >= 15 is 0 Å². The Morgan fingerprint density at radius 2 is 1.83 bits per heavy atom. The molecular weight excluding hydrogens is 510 g/mol. The summed E-state index contributed by atoms with van der Waals surface area (Å²) in [5, 5.41) is 11.4. The number of carbonyl (C=O) groups is 2. The van der Waals surface area contributed by atoms with Gasteiger partial charge >= 0.3 is 5.97 Å². The first-order valence-corrected chi connectivity index (χ1v) is 13.6. The zero-order chi connectivity index (χ0) is 27.4. The van der Waals surface area contributed by atoms with E-state index in [1.54, 1.807) is 13.8 Å². The SMILES string of the molecule is Cc1c(C)c(S(=O)(=O)NC(N)=NCCC[C@@H](N)C(=O)N[C@@H](CCCl)C(=O)O)c(C)c2c1OC(C)(C)C2. The number of sulfonamides is 1. The molecule has 1 aromatic carbocycles. The number of guanidine groups is 1. The van der Waals surface area contributed by atoms with E-state index < -0.39 is 39.6 Å². The van der Waals surface area contributed by atoms with Gasteiger partial charge < -0.3 is 26.6 Å². The second-order valence-corrected chi connectivity index (χ2v) is 11.5. The molecule has 1 heterocycles. The zero-order valence-electron chi connectivity index (χ0n) is 21.3. The number of nitrogens with one attached hydrogen (secondary N) is 2. The summed E-state index contributed by atoms with van der Waals surface area (Å²) in [6.07, 6.45) is 1.19. The number of ether oxygens (including phenoxy) is 1. The fourth-order valence-electron chi connectivity index (χ4n) is 4.16. The fraction of sp³-hybridized carbons (Fsp3) is 0.609. The number of halogens is 1. The standard InChI is InChI=1S/C23H36ClN5O6S/c1-12-13(2)19(14(3)15-11-23(4,5)35-18(12)15)36(33,34)29-22(26)27-10-6-7-16(25)20(30)28-17(8-9-24)21(31)32/h16-17H,6-11,25H2,1-5H3,(H,28,30)(H,31,32)(H3,26,27,29)/t16-,17+/m1/s1. The smallest absolute Gasteiger partial charge is 0.326 e. The van der Waals surface area contributed by atoms with Crippen LogP contribution in [0.1, 0.15) is 55.4 Å². The van der Waals surface area contributed by atoms with Crippen LogP contribution in [0.25, 0.3) is 0 Å². The molecule has 0 saturated heterocycles. The number of alkyl halides is 1.